The molecule has 2 heterocycles. The molecule has 0 radical (unpaired) electrons. The van der Waals surface area contributed by atoms with E-state index in [1.165, 1.54) is 6.07 Å². The molecule has 9 aromatic rings. The van der Waals surface area contributed by atoms with Gasteiger partial charge in [-0.3, -0.25) is 0 Å². The molecule has 0 aliphatic carbocycles. The zero-order chi connectivity index (χ0) is 38.1. The zero-order valence-electron chi connectivity index (χ0n) is 28.4. The average Bonchev–Trinajstić information content (AvgIpc) is 3.63. The van der Waals surface area contributed by atoms with E-state index in [2.05, 4.69) is 0 Å². The van der Waals surface area contributed by atoms with E-state index < -0.39 is 46.5 Å². The van der Waals surface area contributed by atoms with Crippen molar-refractivity contribution in [2.75, 3.05) is 4.90 Å². The SMILES string of the molecule is Fc1ccc(N(c2ccc3c(c2)c2ccccc2n3Cc2c(F)cc(F)cc2F)c2ccc3c(c2)c2ccccc2n3Cc2c(F)cc(F)cc2F)c(F)c1. The van der Waals surface area contributed by atoms with Gasteiger partial charge in [0.25, 0.3) is 0 Å². The number of para-hydroxylation sites is 2. The van der Waals surface area contributed by atoms with Gasteiger partial charge < -0.3 is 14.0 Å². The van der Waals surface area contributed by atoms with Gasteiger partial charge in [0.05, 0.1) is 18.8 Å². The summed E-state index contributed by atoms with van der Waals surface area (Å²) in [5, 5.41) is 2.76. The van der Waals surface area contributed by atoms with Crippen LogP contribution in [0.1, 0.15) is 11.1 Å². The van der Waals surface area contributed by atoms with Crippen molar-refractivity contribution in [2.24, 2.45) is 0 Å². The summed E-state index contributed by atoms with van der Waals surface area (Å²) in [5.74, 6) is -7.79. The van der Waals surface area contributed by atoms with Crippen LogP contribution >= 0.6 is 0 Å². The molecule has 3 nitrogen and oxygen atoms in total. The molecule has 0 N–H and O–H groups in total. The molecule has 0 bridgehead atoms. The van der Waals surface area contributed by atoms with Gasteiger partial charge in [-0.2, -0.15) is 0 Å². The van der Waals surface area contributed by atoms with E-state index in [1.54, 1.807) is 74.7 Å². The predicted octanol–water partition coefficient (Wildman–Crippen LogP) is 12.6. The largest absolute Gasteiger partial charge is 0.336 e. The molecule has 0 unspecified atom stereocenters. The highest BCUT2D eigenvalue weighted by molar-refractivity contribution is 6.11. The van der Waals surface area contributed by atoms with Crippen molar-refractivity contribution >= 4 is 60.7 Å². The Bertz CT molecular complexity index is 2780. The molecule has 0 aliphatic rings. The monoisotopic (exact) mass is 747 g/mol. The molecule has 0 saturated heterocycles. The van der Waals surface area contributed by atoms with Gasteiger partial charge >= 0.3 is 0 Å². The number of fused-ring (bicyclic) bond motifs is 6. The lowest BCUT2D eigenvalue weighted by molar-refractivity contribution is 0.518. The summed E-state index contributed by atoms with van der Waals surface area (Å²) < 4.78 is 121. The van der Waals surface area contributed by atoms with E-state index in [0.717, 1.165) is 22.9 Å². The maximum Gasteiger partial charge on any atom is 0.150 e. The zero-order valence-corrected chi connectivity index (χ0v) is 28.4. The molecule has 11 heteroatoms. The van der Waals surface area contributed by atoms with E-state index >= 15 is 4.39 Å². The molecule has 55 heavy (non-hydrogen) atoms. The molecule has 0 spiro atoms. The van der Waals surface area contributed by atoms with Crippen molar-refractivity contribution in [1.82, 2.24) is 9.13 Å². The highest BCUT2D eigenvalue weighted by Crippen LogP contribution is 2.42. The van der Waals surface area contributed by atoms with Crippen molar-refractivity contribution in [3.63, 3.8) is 0 Å². The Morgan fingerprint density at radius 3 is 1.20 bits per heavy atom. The summed E-state index contributed by atoms with van der Waals surface area (Å²) >= 11 is 0. The van der Waals surface area contributed by atoms with Gasteiger partial charge in [-0.15, -0.1) is 0 Å². The normalized spacial score (nSPS) is 11.8. The first-order valence-corrected chi connectivity index (χ1v) is 17.1. The fourth-order valence-corrected chi connectivity index (χ4v) is 7.55. The third-order valence-corrected chi connectivity index (χ3v) is 10.0. The number of anilines is 3. The average molecular weight is 748 g/mol. The Labute approximate surface area is 307 Å². The summed E-state index contributed by atoms with van der Waals surface area (Å²) in [5.41, 5.74) is 2.75. The molecule has 9 rings (SSSR count). The van der Waals surface area contributed by atoms with Crippen molar-refractivity contribution in [2.45, 2.75) is 13.1 Å². The number of rotatable bonds is 7. The number of aromatic nitrogens is 2. The van der Waals surface area contributed by atoms with Crippen LogP contribution in [0.25, 0.3) is 43.6 Å². The number of nitrogens with zero attached hydrogens (tertiary/aromatic N) is 3. The van der Waals surface area contributed by atoms with E-state index in [9.17, 15) is 30.7 Å². The molecule has 272 valence electrons. The topological polar surface area (TPSA) is 13.1 Å². The Morgan fingerprint density at radius 2 is 0.764 bits per heavy atom. The second kappa shape index (κ2) is 13.0. The number of hydrogen-bond donors (Lipinski definition) is 0. The number of benzene rings is 7. The minimum atomic E-state index is -1.03. The molecule has 0 atom stereocenters. The van der Waals surface area contributed by atoms with Crippen LogP contribution < -0.4 is 4.90 Å². The van der Waals surface area contributed by atoms with E-state index in [0.29, 0.717) is 68.5 Å². The Kier molecular flexibility index (Phi) is 8.11. The van der Waals surface area contributed by atoms with Gasteiger partial charge in [-0.25, -0.2) is 35.1 Å². The van der Waals surface area contributed by atoms with Crippen LogP contribution in [-0.4, -0.2) is 9.13 Å². The van der Waals surface area contributed by atoms with Crippen LogP contribution in [0.2, 0.25) is 0 Å². The van der Waals surface area contributed by atoms with Crippen LogP contribution in [-0.2, 0) is 13.1 Å². The van der Waals surface area contributed by atoms with Gasteiger partial charge in [-0.1, -0.05) is 36.4 Å². The molecular weight excluding hydrogens is 722 g/mol. The van der Waals surface area contributed by atoms with Crippen molar-refractivity contribution < 1.29 is 35.1 Å². The molecular formula is C44H25F8N3. The third-order valence-electron chi connectivity index (χ3n) is 10.0. The standard InChI is InChI=1S/C44H25F8N3/c45-24-9-12-44(39(52)15-24)55(27-10-13-42-31(20-27)29-5-1-3-7-40(29)53(42)22-33-35(48)16-25(46)17-36(33)49)28-11-14-43-32(21-28)30-6-2-4-8-41(30)54(43)23-34-37(50)18-26(47)19-38(34)51/h1-21H,22-23H2. The number of hydrogen-bond acceptors (Lipinski definition) is 1. The molecule has 0 amide bonds. The summed E-state index contributed by atoms with van der Waals surface area (Å²) in [6, 6.07) is 30.6. The lowest BCUT2D eigenvalue weighted by Gasteiger charge is -2.26. The Balaban J connectivity index is 1.24. The van der Waals surface area contributed by atoms with E-state index in [1.807, 2.05) is 24.3 Å². The van der Waals surface area contributed by atoms with Gasteiger partial charge in [0, 0.05) is 96.4 Å². The first kappa shape index (κ1) is 34.2. The highest BCUT2D eigenvalue weighted by atomic mass is 19.2. The minimum absolute atomic E-state index is 0.0125. The lowest BCUT2D eigenvalue weighted by Crippen LogP contribution is -2.12. The molecule has 0 fully saturated rings. The predicted molar refractivity (Wildman–Crippen MR) is 198 cm³/mol. The van der Waals surface area contributed by atoms with Gasteiger partial charge in [0.1, 0.15) is 46.5 Å². The third kappa shape index (κ3) is 5.74. The Morgan fingerprint density at radius 1 is 0.364 bits per heavy atom. The van der Waals surface area contributed by atoms with Crippen LogP contribution in [0.5, 0.6) is 0 Å². The number of halogens is 8. The summed E-state index contributed by atoms with van der Waals surface area (Å²) in [6.45, 7) is -0.492. The van der Waals surface area contributed by atoms with E-state index in [-0.39, 0.29) is 29.9 Å². The van der Waals surface area contributed by atoms with Gasteiger partial charge in [-0.05, 0) is 60.7 Å². The fourth-order valence-electron chi connectivity index (χ4n) is 7.55. The van der Waals surface area contributed by atoms with Crippen LogP contribution in [0.15, 0.2) is 127 Å². The smallest absolute Gasteiger partial charge is 0.150 e. The van der Waals surface area contributed by atoms with Crippen LogP contribution in [0.3, 0.4) is 0 Å². The Hall–Kier alpha value is -6.62. The summed E-state index contributed by atoms with van der Waals surface area (Å²) in [7, 11) is 0. The first-order chi connectivity index (χ1) is 26.5. The quantitative estimate of drug-likeness (QED) is 0.148. The van der Waals surface area contributed by atoms with Crippen molar-refractivity contribution in [3.05, 3.63) is 185 Å². The van der Waals surface area contributed by atoms with E-state index in [4.69, 9.17) is 0 Å². The summed E-state index contributed by atoms with van der Waals surface area (Å²) in [6.07, 6.45) is 0. The second-order valence-electron chi connectivity index (χ2n) is 13.2. The highest BCUT2D eigenvalue weighted by Gasteiger charge is 2.23. The van der Waals surface area contributed by atoms with Crippen LogP contribution in [0, 0.1) is 46.5 Å². The maximum atomic E-state index is 15.8. The molecule has 0 saturated carbocycles. The van der Waals surface area contributed by atoms with Gasteiger partial charge in [0.2, 0.25) is 0 Å². The van der Waals surface area contributed by atoms with Crippen molar-refractivity contribution in [1.29, 1.82) is 0 Å². The fraction of sp³-hybridized carbons (Fsp3) is 0.0455. The lowest BCUT2D eigenvalue weighted by atomic mass is 10.1. The van der Waals surface area contributed by atoms with Gasteiger partial charge in [0.15, 0.2) is 0 Å². The minimum Gasteiger partial charge on any atom is -0.336 e. The maximum absolute atomic E-state index is 15.8. The second-order valence-corrected chi connectivity index (χ2v) is 13.2. The first-order valence-electron chi connectivity index (χ1n) is 17.1. The molecule has 0 aliphatic heterocycles. The van der Waals surface area contributed by atoms with Crippen LogP contribution in [0.4, 0.5) is 52.2 Å². The van der Waals surface area contributed by atoms with Crippen molar-refractivity contribution in [3.8, 4) is 0 Å². The molecule has 7 aromatic carbocycles. The molecule has 2 aromatic heterocycles. The summed E-state index contributed by atoms with van der Waals surface area (Å²) in [4.78, 5) is 1.60.